The van der Waals surface area contributed by atoms with E-state index in [0.29, 0.717) is 0 Å². The van der Waals surface area contributed by atoms with E-state index in [1.807, 2.05) is 0 Å². The van der Waals surface area contributed by atoms with Crippen LogP contribution in [0.25, 0.3) is 0 Å². The lowest BCUT2D eigenvalue weighted by Gasteiger charge is -2.21. The third kappa shape index (κ3) is 5.73. The highest BCUT2D eigenvalue weighted by molar-refractivity contribution is 5.47. The molecule has 1 heteroatoms. The normalized spacial score (nSPS) is 10.8. The van der Waals surface area contributed by atoms with Gasteiger partial charge in [0.1, 0.15) is 0 Å². The molecule has 0 saturated heterocycles. The molecule has 0 spiro atoms. The van der Waals surface area contributed by atoms with Crippen LogP contribution in [-0.2, 0) is 25.7 Å². The molecule has 0 fully saturated rings. The fourth-order valence-corrected chi connectivity index (χ4v) is 3.67. The van der Waals surface area contributed by atoms with E-state index in [1.54, 1.807) is 0 Å². The van der Waals surface area contributed by atoms with Crippen LogP contribution in [0.2, 0.25) is 0 Å². The van der Waals surface area contributed by atoms with Crippen LogP contribution < -0.4 is 4.90 Å². The topological polar surface area (TPSA) is 3.24 Å². The van der Waals surface area contributed by atoms with E-state index in [1.165, 1.54) is 33.5 Å². The summed E-state index contributed by atoms with van der Waals surface area (Å²) in [5, 5.41) is 0. The highest BCUT2D eigenvalue weighted by Crippen LogP contribution is 2.17. The number of hydrogen-bond acceptors (Lipinski definition) is 1. The van der Waals surface area contributed by atoms with Gasteiger partial charge in [0.25, 0.3) is 0 Å². The van der Waals surface area contributed by atoms with Crippen molar-refractivity contribution in [3.8, 4) is 0 Å². The highest BCUT2D eigenvalue weighted by Gasteiger charge is 2.02. The number of hydrogen-bond donors (Lipinski definition) is 0. The van der Waals surface area contributed by atoms with Gasteiger partial charge in [0, 0.05) is 18.8 Å². The van der Waals surface area contributed by atoms with Gasteiger partial charge in [0.15, 0.2) is 0 Å². The standard InChI is InChI=1S/C27H33N/c1-4-28(5-2)27-20-18-26(19-21-27)17-16-25-14-12-24(13-15-25)11-10-23-8-6-22(3)7-9-23/h6-9,12-15,18-21H,4-5,10-11,16-17H2,1-3H3. The summed E-state index contributed by atoms with van der Waals surface area (Å²) in [6, 6.07) is 27.2. The van der Waals surface area contributed by atoms with E-state index in [-0.39, 0.29) is 0 Å². The average Bonchev–Trinajstić information content (AvgIpc) is 2.74. The number of rotatable bonds is 9. The molecule has 0 N–H and O–H groups in total. The number of benzene rings is 3. The van der Waals surface area contributed by atoms with E-state index < -0.39 is 0 Å². The molecule has 3 aromatic rings. The van der Waals surface area contributed by atoms with Gasteiger partial charge in [0.2, 0.25) is 0 Å². The maximum atomic E-state index is 2.39. The monoisotopic (exact) mass is 371 g/mol. The van der Waals surface area contributed by atoms with Crippen LogP contribution >= 0.6 is 0 Å². The Morgan fingerprint density at radius 1 is 0.500 bits per heavy atom. The first-order valence-electron chi connectivity index (χ1n) is 10.6. The Bertz CT molecular complexity index is 825. The Morgan fingerprint density at radius 3 is 1.18 bits per heavy atom. The Labute approximate surface area is 171 Å². The van der Waals surface area contributed by atoms with E-state index in [9.17, 15) is 0 Å². The van der Waals surface area contributed by atoms with Crippen molar-refractivity contribution in [2.24, 2.45) is 0 Å². The van der Waals surface area contributed by atoms with Gasteiger partial charge in [-0.05, 0) is 80.8 Å². The Balaban J connectivity index is 1.49. The molecule has 1 nitrogen and oxygen atoms in total. The Kier molecular flexibility index (Phi) is 7.31. The van der Waals surface area contributed by atoms with Crippen molar-refractivity contribution in [1.82, 2.24) is 0 Å². The molecular weight excluding hydrogens is 338 g/mol. The average molecular weight is 372 g/mol. The SMILES string of the molecule is CCN(CC)c1ccc(CCc2ccc(CCc3ccc(C)cc3)cc2)cc1. The van der Waals surface area contributed by atoms with Crippen molar-refractivity contribution < 1.29 is 0 Å². The minimum Gasteiger partial charge on any atom is -0.372 e. The molecule has 3 rings (SSSR count). The first-order valence-corrected chi connectivity index (χ1v) is 10.6. The van der Waals surface area contributed by atoms with Crippen LogP contribution in [0.15, 0.2) is 72.8 Å². The lowest BCUT2D eigenvalue weighted by molar-refractivity contribution is 0.864. The summed E-state index contributed by atoms with van der Waals surface area (Å²) in [7, 11) is 0. The predicted molar refractivity (Wildman–Crippen MR) is 122 cm³/mol. The maximum absolute atomic E-state index is 2.39. The third-order valence-corrected chi connectivity index (χ3v) is 5.61. The minimum absolute atomic E-state index is 1.06. The van der Waals surface area contributed by atoms with Crippen molar-refractivity contribution in [2.45, 2.75) is 46.5 Å². The molecule has 146 valence electrons. The minimum atomic E-state index is 1.06. The van der Waals surface area contributed by atoms with E-state index in [0.717, 1.165) is 38.8 Å². The van der Waals surface area contributed by atoms with Crippen LogP contribution in [0, 0.1) is 6.92 Å². The molecule has 0 bridgehead atoms. The first-order chi connectivity index (χ1) is 13.7. The zero-order valence-corrected chi connectivity index (χ0v) is 17.6. The zero-order chi connectivity index (χ0) is 19.8. The summed E-state index contributed by atoms with van der Waals surface area (Å²) in [5.74, 6) is 0. The Morgan fingerprint density at radius 2 is 0.821 bits per heavy atom. The van der Waals surface area contributed by atoms with Gasteiger partial charge in [-0.25, -0.2) is 0 Å². The molecule has 0 aromatic heterocycles. The molecular formula is C27H33N. The van der Waals surface area contributed by atoms with Crippen molar-refractivity contribution >= 4 is 5.69 Å². The van der Waals surface area contributed by atoms with Gasteiger partial charge in [-0.15, -0.1) is 0 Å². The molecule has 0 amide bonds. The van der Waals surface area contributed by atoms with Gasteiger partial charge in [0.05, 0.1) is 0 Å². The molecule has 0 heterocycles. The number of aryl methyl sites for hydroxylation is 5. The maximum Gasteiger partial charge on any atom is 0.0366 e. The van der Waals surface area contributed by atoms with Crippen molar-refractivity contribution in [3.63, 3.8) is 0 Å². The van der Waals surface area contributed by atoms with Crippen LogP contribution in [0.4, 0.5) is 5.69 Å². The predicted octanol–water partition coefficient (Wildman–Crippen LogP) is 6.41. The molecule has 3 aromatic carbocycles. The van der Waals surface area contributed by atoms with E-state index in [4.69, 9.17) is 0 Å². The molecule has 0 saturated carbocycles. The summed E-state index contributed by atoms with van der Waals surface area (Å²) >= 11 is 0. The molecule has 0 atom stereocenters. The summed E-state index contributed by atoms with van der Waals surface area (Å²) in [4.78, 5) is 2.39. The fraction of sp³-hybridized carbons (Fsp3) is 0.333. The first kappa shape index (κ1) is 20.2. The number of nitrogens with zero attached hydrogens (tertiary/aromatic N) is 1. The van der Waals surface area contributed by atoms with E-state index in [2.05, 4.69) is 98.5 Å². The Hall–Kier alpha value is -2.54. The molecule has 0 aliphatic rings. The summed E-state index contributed by atoms with van der Waals surface area (Å²) in [6.07, 6.45) is 4.42. The number of anilines is 1. The molecule has 0 radical (unpaired) electrons. The van der Waals surface area contributed by atoms with Crippen molar-refractivity contribution in [2.75, 3.05) is 18.0 Å². The molecule has 28 heavy (non-hydrogen) atoms. The highest BCUT2D eigenvalue weighted by atomic mass is 15.1. The molecule has 0 aliphatic carbocycles. The van der Waals surface area contributed by atoms with Crippen molar-refractivity contribution in [3.05, 3.63) is 101 Å². The molecule has 0 unspecified atom stereocenters. The van der Waals surface area contributed by atoms with Gasteiger partial charge < -0.3 is 4.90 Å². The van der Waals surface area contributed by atoms with Gasteiger partial charge in [-0.2, -0.15) is 0 Å². The van der Waals surface area contributed by atoms with E-state index >= 15 is 0 Å². The van der Waals surface area contributed by atoms with Crippen LogP contribution in [-0.4, -0.2) is 13.1 Å². The second-order valence-electron chi connectivity index (χ2n) is 7.64. The van der Waals surface area contributed by atoms with Gasteiger partial charge >= 0.3 is 0 Å². The van der Waals surface area contributed by atoms with Gasteiger partial charge in [-0.3, -0.25) is 0 Å². The van der Waals surface area contributed by atoms with Crippen LogP contribution in [0.1, 0.15) is 41.7 Å². The van der Waals surface area contributed by atoms with Crippen molar-refractivity contribution in [1.29, 1.82) is 0 Å². The summed E-state index contributed by atoms with van der Waals surface area (Å²) < 4.78 is 0. The third-order valence-electron chi connectivity index (χ3n) is 5.61. The lowest BCUT2D eigenvalue weighted by Crippen LogP contribution is -2.21. The van der Waals surface area contributed by atoms with Gasteiger partial charge in [-0.1, -0.05) is 66.2 Å². The fourth-order valence-electron chi connectivity index (χ4n) is 3.67. The second-order valence-corrected chi connectivity index (χ2v) is 7.64. The second kappa shape index (κ2) is 10.1. The quantitative estimate of drug-likeness (QED) is 0.420. The largest absolute Gasteiger partial charge is 0.372 e. The summed E-state index contributed by atoms with van der Waals surface area (Å²) in [5.41, 5.74) is 8.34. The molecule has 0 aliphatic heterocycles. The smallest absolute Gasteiger partial charge is 0.0366 e. The summed E-state index contributed by atoms with van der Waals surface area (Å²) in [6.45, 7) is 8.68. The van der Waals surface area contributed by atoms with Crippen LogP contribution in [0.5, 0.6) is 0 Å². The zero-order valence-electron chi connectivity index (χ0n) is 17.6. The van der Waals surface area contributed by atoms with Crippen LogP contribution in [0.3, 0.4) is 0 Å². The lowest BCUT2D eigenvalue weighted by atomic mass is 10.00.